The predicted octanol–water partition coefficient (Wildman–Crippen LogP) is 3.33. The van der Waals surface area contributed by atoms with Crippen molar-refractivity contribution >= 4 is 23.2 Å². The van der Waals surface area contributed by atoms with E-state index in [9.17, 15) is 4.79 Å². The fourth-order valence-corrected chi connectivity index (χ4v) is 3.67. The molecule has 0 aliphatic carbocycles. The van der Waals surface area contributed by atoms with E-state index in [1.807, 2.05) is 43.3 Å². The van der Waals surface area contributed by atoms with E-state index in [4.69, 9.17) is 20.8 Å². The van der Waals surface area contributed by atoms with Gasteiger partial charge >= 0.3 is 0 Å². The van der Waals surface area contributed by atoms with Crippen LogP contribution in [-0.4, -0.2) is 53.9 Å². The SMILES string of the molecule is CC(C(=O)N1N=C(c2ccc(Cl)cc2)CC1c1ccco1)N1CCOCC1. The minimum absolute atomic E-state index is 0.0257. The molecule has 0 radical (unpaired) electrons. The molecule has 1 saturated heterocycles. The maximum atomic E-state index is 13.3. The molecule has 4 rings (SSSR count). The van der Waals surface area contributed by atoms with Crippen LogP contribution < -0.4 is 0 Å². The highest BCUT2D eigenvalue weighted by atomic mass is 35.5. The normalized spacial score (nSPS) is 21.9. The smallest absolute Gasteiger partial charge is 0.260 e. The molecule has 2 aromatic rings. The molecule has 0 N–H and O–H groups in total. The van der Waals surface area contributed by atoms with Gasteiger partial charge in [-0.05, 0) is 36.8 Å². The first kappa shape index (κ1) is 18.2. The van der Waals surface area contributed by atoms with E-state index in [1.165, 1.54) is 0 Å². The zero-order chi connectivity index (χ0) is 18.8. The molecule has 2 unspecified atom stereocenters. The molecule has 0 spiro atoms. The average Bonchev–Trinajstić information content (AvgIpc) is 3.38. The maximum Gasteiger partial charge on any atom is 0.260 e. The van der Waals surface area contributed by atoms with Crippen LogP contribution in [0.15, 0.2) is 52.2 Å². The largest absolute Gasteiger partial charge is 0.467 e. The van der Waals surface area contributed by atoms with Gasteiger partial charge in [-0.3, -0.25) is 9.69 Å². The van der Waals surface area contributed by atoms with Crippen molar-refractivity contribution in [1.82, 2.24) is 9.91 Å². The molecule has 0 bridgehead atoms. The van der Waals surface area contributed by atoms with Crippen LogP contribution in [0.25, 0.3) is 0 Å². The van der Waals surface area contributed by atoms with Crippen LogP contribution in [0.2, 0.25) is 5.02 Å². The highest BCUT2D eigenvalue weighted by molar-refractivity contribution is 6.30. The summed E-state index contributed by atoms with van der Waals surface area (Å²) in [5.74, 6) is 0.715. The third-order valence-corrected chi connectivity index (χ3v) is 5.39. The molecule has 6 nitrogen and oxygen atoms in total. The number of benzene rings is 1. The van der Waals surface area contributed by atoms with Gasteiger partial charge in [-0.2, -0.15) is 5.10 Å². The summed E-state index contributed by atoms with van der Waals surface area (Å²) in [4.78, 5) is 15.4. The fourth-order valence-electron chi connectivity index (χ4n) is 3.55. The van der Waals surface area contributed by atoms with Crippen LogP contribution in [0.1, 0.15) is 30.7 Å². The van der Waals surface area contributed by atoms with Gasteiger partial charge in [0.15, 0.2) is 0 Å². The Hall–Kier alpha value is -2.15. The van der Waals surface area contributed by atoms with Gasteiger partial charge in [-0.1, -0.05) is 23.7 Å². The van der Waals surface area contributed by atoms with Gasteiger partial charge in [0.25, 0.3) is 5.91 Å². The zero-order valence-electron chi connectivity index (χ0n) is 15.2. The number of carbonyl (C=O) groups is 1. The van der Waals surface area contributed by atoms with Crippen molar-refractivity contribution in [2.24, 2.45) is 5.10 Å². The summed E-state index contributed by atoms with van der Waals surface area (Å²) in [6.45, 7) is 4.74. The number of halogens is 1. The van der Waals surface area contributed by atoms with Crippen molar-refractivity contribution in [3.63, 3.8) is 0 Å². The second-order valence-electron chi connectivity index (χ2n) is 6.80. The minimum Gasteiger partial charge on any atom is -0.467 e. The number of amides is 1. The third kappa shape index (κ3) is 3.78. The minimum atomic E-state index is -0.264. The third-order valence-electron chi connectivity index (χ3n) is 5.14. The molecule has 3 heterocycles. The van der Waals surface area contributed by atoms with E-state index in [-0.39, 0.29) is 18.0 Å². The molecule has 2 atom stereocenters. The molecule has 1 amide bonds. The van der Waals surface area contributed by atoms with Crippen LogP contribution in [0, 0.1) is 0 Å². The number of hydrazone groups is 1. The lowest BCUT2D eigenvalue weighted by molar-refractivity contribution is -0.140. The molecular formula is C20H22ClN3O3. The Balaban J connectivity index is 1.61. The Labute approximate surface area is 163 Å². The summed E-state index contributed by atoms with van der Waals surface area (Å²) >= 11 is 6.00. The van der Waals surface area contributed by atoms with Crippen molar-refractivity contribution in [3.8, 4) is 0 Å². The number of carbonyl (C=O) groups excluding carboxylic acids is 1. The number of hydrogen-bond donors (Lipinski definition) is 0. The highest BCUT2D eigenvalue weighted by Gasteiger charge is 2.38. The topological polar surface area (TPSA) is 58.3 Å². The van der Waals surface area contributed by atoms with Gasteiger partial charge in [-0.25, -0.2) is 5.01 Å². The first-order valence-corrected chi connectivity index (χ1v) is 9.53. The summed E-state index contributed by atoms with van der Waals surface area (Å²) in [7, 11) is 0. The predicted molar refractivity (Wildman–Crippen MR) is 103 cm³/mol. The van der Waals surface area contributed by atoms with Gasteiger partial charge in [0.05, 0.1) is 31.2 Å². The van der Waals surface area contributed by atoms with E-state index in [0.29, 0.717) is 24.7 Å². The Morgan fingerprint density at radius 1 is 1.22 bits per heavy atom. The molecule has 1 fully saturated rings. The second kappa shape index (κ2) is 7.84. The second-order valence-corrected chi connectivity index (χ2v) is 7.23. The number of nitrogens with zero attached hydrogens (tertiary/aromatic N) is 3. The van der Waals surface area contributed by atoms with Crippen LogP contribution in [0.3, 0.4) is 0 Å². The van der Waals surface area contributed by atoms with E-state index in [2.05, 4.69) is 10.0 Å². The average molecular weight is 388 g/mol. The van der Waals surface area contributed by atoms with Crippen LogP contribution >= 0.6 is 11.6 Å². The number of ether oxygens (including phenoxy) is 1. The van der Waals surface area contributed by atoms with Crippen LogP contribution in [0.5, 0.6) is 0 Å². The molecule has 7 heteroatoms. The van der Waals surface area contributed by atoms with Gasteiger partial charge in [0.1, 0.15) is 11.8 Å². The zero-order valence-corrected chi connectivity index (χ0v) is 15.9. The van der Waals surface area contributed by atoms with Crippen molar-refractivity contribution in [2.75, 3.05) is 26.3 Å². The van der Waals surface area contributed by atoms with E-state index in [1.54, 1.807) is 11.3 Å². The molecule has 142 valence electrons. The summed E-state index contributed by atoms with van der Waals surface area (Å²) in [5.41, 5.74) is 1.82. The van der Waals surface area contributed by atoms with Gasteiger partial charge < -0.3 is 9.15 Å². The monoisotopic (exact) mass is 387 g/mol. The van der Waals surface area contributed by atoms with E-state index in [0.717, 1.165) is 30.1 Å². The molecule has 0 saturated carbocycles. The summed E-state index contributed by atoms with van der Waals surface area (Å²) < 4.78 is 11.0. The van der Waals surface area contributed by atoms with E-state index < -0.39 is 0 Å². The quantitative estimate of drug-likeness (QED) is 0.807. The lowest BCUT2D eigenvalue weighted by atomic mass is 10.0. The lowest BCUT2D eigenvalue weighted by Gasteiger charge is -2.33. The molecule has 2 aliphatic rings. The van der Waals surface area contributed by atoms with Crippen molar-refractivity contribution < 1.29 is 13.9 Å². The van der Waals surface area contributed by atoms with Crippen LogP contribution in [-0.2, 0) is 9.53 Å². The molecular weight excluding hydrogens is 366 g/mol. The highest BCUT2D eigenvalue weighted by Crippen LogP contribution is 2.34. The number of morpholine rings is 1. The van der Waals surface area contributed by atoms with Crippen molar-refractivity contribution in [1.29, 1.82) is 0 Å². The molecule has 27 heavy (non-hydrogen) atoms. The molecule has 2 aliphatic heterocycles. The van der Waals surface area contributed by atoms with Gasteiger partial charge in [0, 0.05) is 24.5 Å². The van der Waals surface area contributed by atoms with Gasteiger partial charge in [0.2, 0.25) is 0 Å². The first-order valence-electron chi connectivity index (χ1n) is 9.15. The number of rotatable bonds is 4. The Morgan fingerprint density at radius 2 is 1.96 bits per heavy atom. The van der Waals surface area contributed by atoms with Crippen LogP contribution in [0.4, 0.5) is 0 Å². The molecule has 1 aromatic carbocycles. The molecule has 1 aromatic heterocycles. The summed E-state index contributed by atoms with van der Waals surface area (Å²) in [6.07, 6.45) is 2.24. The number of furan rings is 1. The number of hydrogen-bond acceptors (Lipinski definition) is 5. The Morgan fingerprint density at radius 3 is 2.63 bits per heavy atom. The lowest BCUT2D eigenvalue weighted by Crippen LogP contribution is -2.49. The fraction of sp³-hybridized carbons (Fsp3) is 0.400. The standard InChI is InChI=1S/C20H22ClN3O3/c1-14(23-8-11-26-12-9-23)20(25)24-18(19-3-2-10-27-19)13-17(22-24)15-4-6-16(21)7-5-15/h2-7,10,14,18H,8-9,11-13H2,1H3. The Bertz CT molecular complexity index is 814. The van der Waals surface area contributed by atoms with Crippen molar-refractivity contribution in [2.45, 2.75) is 25.4 Å². The summed E-state index contributed by atoms with van der Waals surface area (Å²) in [5, 5.41) is 6.94. The van der Waals surface area contributed by atoms with Gasteiger partial charge in [-0.15, -0.1) is 0 Å². The summed E-state index contributed by atoms with van der Waals surface area (Å²) in [6, 6.07) is 10.8. The van der Waals surface area contributed by atoms with Crippen molar-refractivity contribution in [3.05, 3.63) is 59.0 Å². The van der Waals surface area contributed by atoms with E-state index >= 15 is 0 Å². The Kier molecular flexibility index (Phi) is 5.29. The maximum absolute atomic E-state index is 13.3. The first-order chi connectivity index (χ1) is 13.1.